The van der Waals surface area contributed by atoms with Gasteiger partial charge in [0.1, 0.15) is 11.6 Å². The van der Waals surface area contributed by atoms with E-state index in [0.717, 1.165) is 11.3 Å². The Hall–Kier alpha value is -3.75. The summed E-state index contributed by atoms with van der Waals surface area (Å²) in [5, 5.41) is 10.3. The van der Waals surface area contributed by atoms with Crippen LogP contribution in [0.4, 0.5) is 5.69 Å². The maximum absolute atomic E-state index is 14.3. The number of benzene rings is 2. The molecule has 4 heterocycles. The van der Waals surface area contributed by atoms with Gasteiger partial charge in [0.15, 0.2) is 0 Å². The lowest BCUT2D eigenvalue weighted by atomic mass is 9.77. The number of amides is 3. The van der Waals surface area contributed by atoms with Gasteiger partial charge in [0.05, 0.1) is 30.6 Å². The highest BCUT2D eigenvalue weighted by atomic mass is 16.5. The highest BCUT2D eigenvalue weighted by Gasteiger charge is 2.72. The van der Waals surface area contributed by atoms with Crippen LogP contribution < -0.4 is 4.90 Å². The Labute approximate surface area is 228 Å². The minimum Gasteiger partial charge on any atom is -0.394 e. The van der Waals surface area contributed by atoms with Crippen LogP contribution in [-0.4, -0.2) is 76.1 Å². The van der Waals surface area contributed by atoms with Crippen LogP contribution in [0.2, 0.25) is 0 Å². The predicted molar refractivity (Wildman–Crippen MR) is 145 cm³/mol. The number of rotatable bonds is 6. The molecule has 6 atom stereocenters. The molecule has 39 heavy (non-hydrogen) atoms. The highest BCUT2D eigenvalue weighted by Crippen LogP contribution is 2.54. The van der Waals surface area contributed by atoms with Crippen LogP contribution in [-0.2, 0) is 25.7 Å². The lowest BCUT2D eigenvalue weighted by Crippen LogP contribution is -2.57. The van der Waals surface area contributed by atoms with Crippen molar-refractivity contribution >= 4 is 23.4 Å². The monoisotopic (exact) mass is 527 g/mol. The van der Waals surface area contributed by atoms with Crippen LogP contribution >= 0.6 is 0 Å². The minimum atomic E-state index is -1.31. The molecule has 2 aromatic carbocycles. The molecule has 1 N–H and O–H groups in total. The SMILES string of the molecule is CC[C@@H](CO)N1C(=O)[C@@H]2[C@@H]3C(=O)N(c4ccccc4)CC=C[C@@H]3O[C@@]23C=CCN(Cc2ccccc2)C(=O)C13. The minimum absolute atomic E-state index is 0.199. The number of nitrogens with zero attached hydrogens (tertiary/aromatic N) is 3. The smallest absolute Gasteiger partial charge is 0.249 e. The molecule has 4 aliphatic rings. The molecule has 0 aliphatic carbocycles. The summed E-state index contributed by atoms with van der Waals surface area (Å²) in [6.07, 6.45) is 7.32. The average Bonchev–Trinajstić information content (AvgIpc) is 3.28. The first kappa shape index (κ1) is 25.5. The van der Waals surface area contributed by atoms with E-state index in [1.807, 2.05) is 91.9 Å². The van der Waals surface area contributed by atoms with Crippen LogP contribution in [0, 0.1) is 11.8 Å². The van der Waals surface area contributed by atoms with E-state index < -0.39 is 35.6 Å². The average molecular weight is 528 g/mol. The van der Waals surface area contributed by atoms with Gasteiger partial charge in [-0.3, -0.25) is 14.4 Å². The summed E-state index contributed by atoms with van der Waals surface area (Å²) in [5.41, 5.74) is 0.416. The zero-order valence-electron chi connectivity index (χ0n) is 21.9. The Morgan fingerprint density at radius 3 is 2.36 bits per heavy atom. The van der Waals surface area contributed by atoms with E-state index in [9.17, 15) is 19.5 Å². The van der Waals surface area contributed by atoms with Gasteiger partial charge >= 0.3 is 0 Å². The number of para-hydroxylation sites is 1. The van der Waals surface area contributed by atoms with Gasteiger partial charge < -0.3 is 24.5 Å². The summed E-state index contributed by atoms with van der Waals surface area (Å²) < 4.78 is 6.69. The Morgan fingerprint density at radius 2 is 1.67 bits per heavy atom. The molecule has 3 amide bonds. The molecule has 1 spiro atoms. The van der Waals surface area contributed by atoms with Crippen molar-refractivity contribution in [1.82, 2.24) is 9.80 Å². The van der Waals surface area contributed by atoms with Crippen LogP contribution in [0.15, 0.2) is 85.0 Å². The number of aliphatic hydroxyl groups is 1. The first-order chi connectivity index (χ1) is 19.0. The third kappa shape index (κ3) is 4.01. The second kappa shape index (κ2) is 10.1. The summed E-state index contributed by atoms with van der Waals surface area (Å²) in [5.74, 6) is -2.43. The van der Waals surface area contributed by atoms with E-state index in [0.29, 0.717) is 26.1 Å². The zero-order valence-corrected chi connectivity index (χ0v) is 21.9. The normalized spacial score (nSPS) is 30.6. The van der Waals surface area contributed by atoms with Crippen LogP contribution in [0.25, 0.3) is 0 Å². The number of hydrogen-bond acceptors (Lipinski definition) is 5. The Morgan fingerprint density at radius 1 is 0.949 bits per heavy atom. The van der Waals surface area contributed by atoms with Gasteiger partial charge in [0.2, 0.25) is 17.7 Å². The van der Waals surface area contributed by atoms with Crippen LogP contribution in [0.3, 0.4) is 0 Å². The number of carbonyl (C=O) groups is 3. The van der Waals surface area contributed by atoms with Gasteiger partial charge in [-0.1, -0.05) is 79.8 Å². The van der Waals surface area contributed by atoms with E-state index in [1.54, 1.807) is 9.80 Å². The summed E-state index contributed by atoms with van der Waals surface area (Å²) in [4.78, 5) is 47.7. The maximum atomic E-state index is 14.3. The molecule has 202 valence electrons. The molecule has 1 unspecified atom stereocenters. The van der Waals surface area contributed by atoms with Gasteiger partial charge in [-0.2, -0.15) is 0 Å². The largest absolute Gasteiger partial charge is 0.394 e. The van der Waals surface area contributed by atoms with E-state index in [-0.39, 0.29) is 24.3 Å². The van der Waals surface area contributed by atoms with Crippen molar-refractivity contribution in [2.24, 2.45) is 11.8 Å². The van der Waals surface area contributed by atoms with Crippen molar-refractivity contribution in [3.05, 3.63) is 90.5 Å². The fourth-order valence-electron chi connectivity index (χ4n) is 6.72. The third-order valence-electron chi connectivity index (χ3n) is 8.54. The topological polar surface area (TPSA) is 90.4 Å². The predicted octanol–water partition coefficient (Wildman–Crippen LogP) is 2.54. The second-order valence-electron chi connectivity index (χ2n) is 10.7. The third-order valence-corrected chi connectivity index (χ3v) is 8.54. The standard InChI is InChI=1S/C31H33N3O5/c1-2-22(20-35)34-27-30(38)32(19-21-11-5-3-6-12-21)17-10-16-31(27)26(29(34)37)25-24(39-31)15-9-18-33(28(25)36)23-13-7-4-8-14-23/h3-16,22,24-27,35H,2,17-20H2,1H3/t22-,24-,25+,26-,27?,31-/m0/s1. The fourth-order valence-corrected chi connectivity index (χ4v) is 6.72. The molecular formula is C31H33N3O5. The number of likely N-dealkylation sites (tertiary alicyclic amines) is 1. The molecule has 6 rings (SSSR count). The molecule has 8 heteroatoms. The van der Waals surface area contributed by atoms with Crippen molar-refractivity contribution in [1.29, 1.82) is 0 Å². The van der Waals surface area contributed by atoms with Crippen molar-refractivity contribution in [3.8, 4) is 0 Å². The summed E-state index contributed by atoms with van der Waals surface area (Å²) in [6.45, 7) is 2.71. The lowest BCUT2D eigenvalue weighted by molar-refractivity contribution is -0.150. The van der Waals surface area contributed by atoms with E-state index in [1.165, 1.54) is 4.90 Å². The Kier molecular flexibility index (Phi) is 6.61. The maximum Gasteiger partial charge on any atom is 0.249 e. The van der Waals surface area contributed by atoms with E-state index in [4.69, 9.17) is 4.74 Å². The van der Waals surface area contributed by atoms with Crippen molar-refractivity contribution in [2.45, 2.75) is 43.7 Å². The molecule has 0 radical (unpaired) electrons. The first-order valence-electron chi connectivity index (χ1n) is 13.6. The van der Waals surface area contributed by atoms with E-state index >= 15 is 0 Å². The van der Waals surface area contributed by atoms with Crippen LogP contribution in [0.1, 0.15) is 18.9 Å². The van der Waals surface area contributed by atoms with Gasteiger partial charge in [0.25, 0.3) is 0 Å². The van der Waals surface area contributed by atoms with Gasteiger partial charge in [-0.25, -0.2) is 0 Å². The number of anilines is 1. The molecule has 8 nitrogen and oxygen atoms in total. The van der Waals surface area contributed by atoms with Crippen molar-refractivity contribution in [3.63, 3.8) is 0 Å². The quantitative estimate of drug-likeness (QED) is 0.584. The number of hydrogen-bond donors (Lipinski definition) is 1. The molecule has 0 aromatic heterocycles. The Bertz CT molecular complexity index is 1310. The molecule has 0 bridgehead atoms. The van der Waals surface area contributed by atoms with Gasteiger partial charge in [0, 0.05) is 25.3 Å². The van der Waals surface area contributed by atoms with Crippen molar-refractivity contribution < 1.29 is 24.2 Å². The number of carbonyl (C=O) groups excluding carboxylic acids is 3. The summed E-state index contributed by atoms with van der Waals surface area (Å²) >= 11 is 0. The molecule has 2 saturated heterocycles. The second-order valence-corrected chi connectivity index (χ2v) is 10.7. The summed E-state index contributed by atoms with van der Waals surface area (Å²) in [7, 11) is 0. The van der Waals surface area contributed by atoms with Gasteiger partial charge in [-0.15, -0.1) is 0 Å². The molecule has 0 saturated carbocycles. The fraction of sp³-hybridized carbons (Fsp3) is 0.387. The zero-order chi connectivity index (χ0) is 27.1. The Balaban J connectivity index is 1.43. The number of fused-ring (bicyclic) bond motifs is 2. The molecule has 2 aromatic rings. The number of aliphatic hydroxyl groups excluding tert-OH is 1. The van der Waals surface area contributed by atoms with E-state index in [2.05, 4.69) is 0 Å². The van der Waals surface area contributed by atoms with Crippen LogP contribution in [0.5, 0.6) is 0 Å². The number of ether oxygens (including phenoxy) is 1. The molecule has 4 aliphatic heterocycles. The van der Waals surface area contributed by atoms with Crippen molar-refractivity contribution in [2.75, 3.05) is 24.6 Å². The molecule has 2 fully saturated rings. The first-order valence-corrected chi connectivity index (χ1v) is 13.6. The lowest BCUT2D eigenvalue weighted by Gasteiger charge is -2.38. The van der Waals surface area contributed by atoms with Gasteiger partial charge in [-0.05, 0) is 24.1 Å². The molecular weight excluding hydrogens is 494 g/mol. The summed E-state index contributed by atoms with van der Waals surface area (Å²) in [6, 6.07) is 17.6. The highest BCUT2D eigenvalue weighted by molar-refractivity contribution is 6.03.